The highest BCUT2D eigenvalue weighted by molar-refractivity contribution is 5.65. The Morgan fingerprint density at radius 1 is 1.46 bits per heavy atom. The number of benzene rings is 1. The van der Waals surface area contributed by atoms with Crippen molar-refractivity contribution in [2.75, 3.05) is 0 Å². The lowest BCUT2D eigenvalue weighted by Gasteiger charge is -2.02. The first-order valence-corrected chi connectivity index (χ1v) is 3.58. The van der Waals surface area contributed by atoms with Gasteiger partial charge in [0.05, 0.1) is 5.56 Å². The molecule has 0 radical (unpaired) electrons. The Bertz CT molecular complexity index is 354. The van der Waals surface area contributed by atoms with Gasteiger partial charge in [-0.2, -0.15) is 5.26 Å². The third-order valence-corrected chi connectivity index (χ3v) is 1.26. The average Bonchev–Trinajstić information content (AvgIpc) is 2.15. The van der Waals surface area contributed by atoms with Crippen LogP contribution in [0.4, 0.5) is 0 Å². The first-order valence-electron chi connectivity index (χ1n) is 3.58. The van der Waals surface area contributed by atoms with Gasteiger partial charge >= 0.3 is 5.97 Å². The number of rotatable bonds is 2. The molecule has 0 spiro atoms. The van der Waals surface area contributed by atoms with Crippen LogP contribution >= 0.6 is 0 Å². The average molecular weight is 177 g/mol. The number of carbonyl (C=O) groups excluding carboxylic acids is 1. The highest BCUT2D eigenvalue weighted by atomic mass is 17.2. The Hall–Kier alpha value is -2.02. The van der Waals surface area contributed by atoms with E-state index in [1.54, 1.807) is 24.3 Å². The van der Waals surface area contributed by atoms with Crippen molar-refractivity contribution in [3.8, 4) is 11.8 Å². The lowest BCUT2D eigenvalue weighted by atomic mass is 10.2. The molecular formula is C9H7NO3. The van der Waals surface area contributed by atoms with Gasteiger partial charge in [-0.15, -0.1) is 0 Å². The number of hydrogen-bond acceptors (Lipinski definition) is 4. The zero-order chi connectivity index (χ0) is 9.68. The Morgan fingerprint density at radius 2 is 2.15 bits per heavy atom. The maximum atomic E-state index is 10.4. The van der Waals surface area contributed by atoms with Crippen molar-refractivity contribution in [1.29, 1.82) is 5.26 Å². The second-order valence-corrected chi connectivity index (χ2v) is 2.27. The first-order chi connectivity index (χ1) is 6.24. The Kier molecular flexibility index (Phi) is 2.87. The normalized spacial score (nSPS) is 8.62. The minimum absolute atomic E-state index is 0.236. The van der Waals surface area contributed by atoms with E-state index in [9.17, 15) is 4.79 Å². The molecule has 0 unspecified atom stereocenters. The Morgan fingerprint density at radius 3 is 2.77 bits per heavy atom. The monoisotopic (exact) mass is 177 g/mol. The first kappa shape index (κ1) is 9.07. The predicted octanol–water partition coefficient (Wildman–Crippen LogP) is 1.42. The molecule has 4 nitrogen and oxygen atoms in total. The van der Waals surface area contributed by atoms with E-state index in [1.165, 1.54) is 6.92 Å². The summed E-state index contributed by atoms with van der Waals surface area (Å²) in [7, 11) is 0. The summed E-state index contributed by atoms with van der Waals surface area (Å²) in [5, 5.41) is 8.61. The van der Waals surface area contributed by atoms with Gasteiger partial charge in [0.1, 0.15) is 6.07 Å². The second-order valence-electron chi connectivity index (χ2n) is 2.27. The molecule has 13 heavy (non-hydrogen) atoms. The van der Waals surface area contributed by atoms with Gasteiger partial charge in [0.25, 0.3) is 0 Å². The highest BCUT2D eigenvalue weighted by Crippen LogP contribution is 2.16. The third-order valence-electron chi connectivity index (χ3n) is 1.26. The molecule has 0 atom stereocenters. The van der Waals surface area contributed by atoms with Crippen LogP contribution in [0, 0.1) is 11.3 Å². The number of nitrogens with zero attached hydrogens (tertiary/aromatic N) is 1. The van der Waals surface area contributed by atoms with Crippen LogP contribution < -0.4 is 4.89 Å². The molecule has 0 amide bonds. The fourth-order valence-corrected chi connectivity index (χ4v) is 0.735. The molecule has 0 aliphatic carbocycles. The Labute approximate surface area is 75.2 Å². The summed E-state index contributed by atoms with van der Waals surface area (Å²) in [5.41, 5.74) is 0.323. The van der Waals surface area contributed by atoms with Crippen LogP contribution in [-0.2, 0) is 9.68 Å². The third kappa shape index (κ3) is 2.49. The lowest BCUT2D eigenvalue weighted by Crippen LogP contribution is -2.03. The van der Waals surface area contributed by atoms with E-state index in [2.05, 4.69) is 9.78 Å². The molecule has 0 aliphatic rings. The van der Waals surface area contributed by atoms with Crippen molar-refractivity contribution in [2.45, 2.75) is 6.92 Å². The molecule has 4 heteroatoms. The molecular weight excluding hydrogens is 170 g/mol. The van der Waals surface area contributed by atoms with Gasteiger partial charge in [0.2, 0.25) is 0 Å². The van der Waals surface area contributed by atoms with Gasteiger partial charge in [-0.25, -0.2) is 4.79 Å². The van der Waals surface area contributed by atoms with Crippen LogP contribution in [0.1, 0.15) is 12.5 Å². The summed E-state index contributed by atoms with van der Waals surface area (Å²) in [6, 6.07) is 8.39. The molecule has 0 saturated carbocycles. The summed E-state index contributed by atoms with van der Waals surface area (Å²) in [4.78, 5) is 19.3. The molecule has 0 aliphatic heterocycles. The van der Waals surface area contributed by atoms with E-state index < -0.39 is 5.97 Å². The molecule has 0 aromatic heterocycles. The van der Waals surface area contributed by atoms with Gasteiger partial charge in [-0.05, 0) is 12.1 Å². The van der Waals surface area contributed by atoms with Gasteiger partial charge in [-0.3, -0.25) is 9.78 Å². The number of hydrogen-bond donors (Lipinski definition) is 0. The number of nitriles is 1. The fraction of sp³-hybridized carbons (Fsp3) is 0.111. The number of carbonyl (C=O) groups is 1. The van der Waals surface area contributed by atoms with Gasteiger partial charge in [-0.1, -0.05) is 12.1 Å². The van der Waals surface area contributed by atoms with E-state index in [0.717, 1.165) is 0 Å². The lowest BCUT2D eigenvalue weighted by molar-refractivity contribution is -0.210. The maximum absolute atomic E-state index is 10.4. The van der Waals surface area contributed by atoms with Crippen molar-refractivity contribution in [2.24, 2.45) is 0 Å². The van der Waals surface area contributed by atoms with Gasteiger partial charge in [0.15, 0.2) is 5.75 Å². The van der Waals surface area contributed by atoms with Crippen molar-refractivity contribution in [3.63, 3.8) is 0 Å². The number of para-hydroxylation sites is 1. The van der Waals surface area contributed by atoms with Crippen molar-refractivity contribution >= 4 is 5.97 Å². The molecule has 0 heterocycles. The van der Waals surface area contributed by atoms with Gasteiger partial charge < -0.3 is 0 Å². The second kappa shape index (κ2) is 4.12. The fourth-order valence-electron chi connectivity index (χ4n) is 0.735. The zero-order valence-corrected chi connectivity index (χ0v) is 6.98. The van der Waals surface area contributed by atoms with E-state index in [4.69, 9.17) is 5.26 Å². The maximum Gasteiger partial charge on any atom is 0.352 e. The molecule has 1 aromatic carbocycles. The van der Waals surface area contributed by atoms with E-state index in [-0.39, 0.29) is 5.75 Å². The minimum Gasteiger partial charge on any atom is -0.286 e. The summed E-state index contributed by atoms with van der Waals surface area (Å²) in [5.74, 6) is -0.326. The zero-order valence-electron chi connectivity index (χ0n) is 6.98. The quantitative estimate of drug-likeness (QED) is 0.506. The van der Waals surface area contributed by atoms with Crippen LogP contribution in [0.3, 0.4) is 0 Å². The van der Waals surface area contributed by atoms with Crippen molar-refractivity contribution < 1.29 is 14.6 Å². The summed E-state index contributed by atoms with van der Waals surface area (Å²) >= 11 is 0. The minimum atomic E-state index is -0.562. The molecule has 66 valence electrons. The molecule has 1 rings (SSSR count). The van der Waals surface area contributed by atoms with Crippen molar-refractivity contribution in [1.82, 2.24) is 0 Å². The van der Waals surface area contributed by atoms with Crippen LogP contribution in [0.5, 0.6) is 5.75 Å². The largest absolute Gasteiger partial charge is 0.352 e. The van der Waals surface area contributed by atoms with Gasteiger partial charge in [0, 0.05) is 6.92 Å². The summed E-state index contributed by atoms with van der Waals surface area (Å²) in [6.07, 6.45) is 0. The van der Waals surface area contributed by atoms with Crippen LogP contribution in [0.25, 0.3) is 0 Å². The smallest absolute Gasteiger partial charge is 0.286 e. The van der Waals surface area contributed by atoms with Crippen molar-refractivity contribution in [3.05, 3.63) is 29.8 Å². The summed E-state index contributed by atoms with van der Waals surface area (Å²) < 4.78 is 0. The Balaban J connectivity index is 2.77. The molecule has 0 saturated heterocycles. The van der Waals surface area contributed by atoms with E-state index >= 15 is 0 Å². The molecule has 0 bridgehead atoms. The predicted molar refractivity (Wildman–Crippen MR) is 43.6 cm³/mol. The van der Waals surface area contributed by atoms with Crippen LogP contribution in [0.15, 0.2) is 24.3 Å². The SMILES string of the molecule is CC(=O)OOc1ccccc1C#N. The van der Waals surface area contributed by atoms with Crippen LogP contribution in [0.2, 0.25) is 0 Å². The van der Waals surface area contributed by atoms with E-state index in [1.807, 2.05) is 6.07 Å². The van der Waals surface area contributed by atoms with E-state index in [0.29, 0.717) is 5.56 Å². The highest BCUT2D eigenvalue weighted by Gasteiger charge is 2.03. The standard InChI is InChI=1S/C9H7NO3/c1-7(11)12-13-9-5-3-2-4-8(9)6-10/h2-5H,1H3. The molecule has 0 fully saturated rings. The topological polar surface area (TPSA) is 59.3 Å². The molecule has 1 aromatic rings. The van der Waals surface area contributed by atoms with Crippen LogP contribution in [-0.4, -0.2) is 5.97 Å². The summed E-state index contributed by atoms with van der Waals surface area (Å²) in [6.45, 7) is 1.22. The molecule has 0 N–H and O–H groups in total.